The van der Waals surface area contributed by atoms with Crippen molar-refractivity contribution < 1.29 is 24.2 Å². The van der Waals surface area contributed by atoms with Gasteiger partial charge in [0.25, 0.3) is 0 Å². The zero-order chi connectivity index (χ0) is 20.3. The van der Waals surface area contributed by atoms with Gasteiger partial charge in [0.15, 0.2) is 11.5 Å². The summed E-state index contributed by atoms with van der Waals surface area (Å²) in [6.45, 7) is 1.85. The van der Waals surface area contributed by atoms with Crippen molar-refractivity contribution in [2.24, 2.45) is 0 Å². The molecule has 1 atom stereocenters. The lowest BCUT2D eigenvalue weighted by atomic mass is 9.92. The summed E-state index contributed by atoms with van der Waals surface area (Å²) in [5.74, 6) is -0.705. The highest BCUT2D eigenvalue weighted by Crippen LogP contribution is 2.42. The molecule has 2 amide bonds. The second-order valence-corrected chi connectivity index (χ2v) is 6.30. The predicted molar refractivity (Wildman–Crippen MR) is 104 cm³/mol. The van der Waals surface area contributed by atoms with Crippen molar-refractivity contribution in [3.8, 4) is 11.5 Å². The van der Waals surface area contributed by atoms with Gasteiger partial charge in [-0.05, 0) is 18.6 Å². The fourth-order valence-electron chi connectivity index (χ4n) is 3.01. The van der Waals surface area contributed by atoms with Crippen molar-refractivity contribution in [3.63, 3.8) is 0 Å². The highest BCUT2D eigenvalue weighted by molar-refractivity contribution is 6.33. The predicted octanol–water partition coefficient (Wildman–Crippen LogP) is 3.38. The lowest BCUT2D eigenvalue weighted by Crippen LogP contribution is -2.45. The number of ether oxygens (including phenoxy) is 2. The number of carbonyl (C=O) groups is 2. The Hall–Kier alpha value is -3.19. The molecule has 2 aromatic carbocycles. The molecule has 8 heteroatoms. The van der Waals surface area contributed by atoms with Crippen LogP contribution in [0.2, 0.25) is 5.02 Å². The van der Waals surface area contributed by atoms with E-state index in [1.807, 2.05) is 6.07 Å². The number of carbonyl (C=O) groups excluding carboxylic acids is 2. The Morgan fingerprint density at radius 1 is 1.21 bits per heavy atom. The number of aromatic hydroxyl groups is 1. The summed E-state index contributed by atoms with van der Waals surface area (Å²) < 4.78 is 10.3. The number of benzene rings is 2. The van der Waals surface area contributed by atoms with Crippen molar-refractivity contribution in [1.82, 2.24) is 10.6 Å². The zero-order valence-electron chi connectivity index (χ0n) is 15.3. The summed E-state index contributed by atoms with van der Waals surface area (Å²) in [4.78, 5) is 25.1. The minimum atomic E-state index is -0.924. The molecule has 1 aliphatic heterocycles. The summed E-state index contributed by atoms with van der Waals surface area (Å²) in [5.41, 5.74) is 1.48. The van der Waals surface area contributed by atoms with Crippen molar-refractivity contribution >= 4 is 29.3 Å². The molecule has 28 heavy (non-hydrogen) atoms. The molecule has 0 saturated carbocycles. The van der Waals surface area contributed by atoms with Crippen LogP contribution in [0, 0.1) is 0 Å². The van der Waals surface area contributed by atoms with Crippen LogP contribution < -0.4 is 15.4 Å². The molecular formula is C20H19ClN2O5. The number of esters is 1. The van der Waals surface area contributed by atoms with E-state index in [4.69, 9.17) is 21.1 Å². The molecular weight excluding hydrogens is 384 g/mol. The van der Waals surface area contributed by atoms with E-state index in [1.165, 1.54) is 13.2 Å². The van der Waals surface area contributed by atoms with Crippen molar-refractivity contribution in [2.45, 2.75) is 13.0 Å². The minimum absolute atomic E-state index is 0.0271. The van der Waals surface area contributed by atoms with E-state index < -0.39 is 18.0 Å². The van der Waals surface area contributed by atoms with Crippen LogP contribution in [-0.2, 0) is 9.53 Å². The minimum Gasteiger partial charge on any atom is -0.503 e. The number of halogens is 1. The number of urea groups is 1. The van der Waals surface area contributed by atoms with E-state index in [0.29, 0.717) is 16.8 Å². The summed E-state index contributed by atoms with van der Waals surface area (Å²) >= 11 is 6.32. The summed E-state index contributed by atoms with van der Waals surface area (Å²) in [6, 6.07) is 10.6. The maximum Gasteiger partial charge on any atom is 0.338 e. The van der Waals surface area contributed by atoms with Crippen LogP contribution in [0.5, 0.6) is 11.5 Å². The van der Waals surface area contributed by atoms with E-state index in [9.17, 15) is 14.7 Å². The van der Waals surface area contributed by atoms with Gasteiger partial charge in [-0.3, -0.25) is 0 Å². The Morgan fingerprint density at radius 2 is 1.93 bits per heavy atom. The molecule has 7 nitrogen and oxygen atoms in total. The lowest BCUT2D eigenvalue weighted by molar-refractivity contribution is -0.138. The maximum atomic E-state index is 12.8. The van der Waals surface area contributed by atoms with Crippen LogP contribution in [0.25, 0.3) is 5.70 Å². The van der Waals surface area contributed by atoms with Crippen LogP contribution in [0.1, 0.15) is 24.1 Å². The Morgan fingerprint density at radius 3 is 2.57 bits per heavy atom. The molecule has 2 aromatic rings. The van der Waals surface area contributed by atoms with Gasteiger partial charge in [0.05, 0.1) is 36.1 Å². The second kappa shape index (κ2) is 8.22. The van der Waals surface area contributed by atoms with Gasteiger partial charge >= 0.3 is 12.0 Å². The quantitative estimate of drug-likeness (QED) is 0.666. The van der Waals surface area contributed by atoms with Gasteiger partial charge in [-0.2, -0.15) is 0 Å². The Bertz CT molecular complexity index is 943. The second-order valence-electron chi connectivity index (χ2n) is 5.93. The van der Waals surface area contributed by atoms with Gasteiger partial charge in [0, 0.05) is 5.56 Å². The van der Waals surface area contributed by atoms with Crippen LogP contribution in [-0.4, -0.2) is 30.8 Å². The zero-order valence-corrected chi connectivity index (χ0v) is 16.0. The number of phenols is 1. The maximum absolute atomic E-state index is 12.8. The summed E-state index contributed by atoms with van der Waals surface area (Å²) in [6.07, 6.45) is 0. The van der Waals surface area contributed by atoms with E-state index in [-0.39, 0.29) is 28.7 Å². The number of methoxy groups -OCH3 is 1. The normalized spacial score (nSPS) is 16.2. The number of hydrogen-bond acceptors (Lipinski definition) is 5. The number of nitrogens with one attached hydrogen (secondary N) is 2. The fraction of sp³-hybridized carbons (Fsp3) is 0.200. The molecule has 1 heterocycles. The Labute approximate surface area is 166 Å². The molecule has 146 valence electrons. The molecule has 0 fully saturated rings. The average Bonchev–Trinajstić information content (AvgIpc) is 2.70. The molecule has 0 aromatic heterocycles. The number of hydrogen-bond donors (Lipinski definition) is 3. The van der Waals surface area contributed by atoms with E-state index >= 15 is 0 Å². The smallest absolute Gasteiger partial charge is 0.338 e. The van der Waals surface area contributed by atoms with E-state index in [0.717, 1.165) is 0 Å². The van der Waals surface area contributed by atoms with Crippen LogP contribution >= 0.6 is 11.6 Å². The molecule has 1 aliphatic rings. The van der Waals surface area contributed by atoms with Gasteiger partial charge in [-0.1, -0.05) is 48.0 Å². The first kappa shape index (κ1) is 19.6. The first-order chi connectivity index (χ1) is 13.5. The summed E-state index contributed by atoms with van der Waals surface area (Å²) in [7, 11) is 1.40. The highest BCUT2D eigenvalue weighted by atomic mass is 35.5. The van der Waals surface area contributed by atoms with Crippen LogP contribution in [0.15, 0.2) is 48.0 Å². The molecule has 0 radical (unpaired) electrons. The fourth-order valence-corrected chi connectivity index (χ4v) is 3.27. The highest BCUT2D eigenvalue weighted by Gasteiger charge is 2.36. The largest absolute Gasteiger partial charge is 0.503 e. The van der Waals surface area contributed by atoms with Gasteiger partial charge in [0.1, 0.15) is 0 Å². The Balaban J connectivity index is 2.22. The van der Waals surface area contributed by atoms with Crippen molar-refractivity contribution in [2.75, 3.05) is 13.7 Å². The standard InChI is InChI=1S/C20H19ClN2O5/c1-3-28-19(25)14-16(11-7-5-4-6-8-11)22-20(26)23-17(14)12-9-10-13(27-2)18(24)15(12)21/h4-10,17,24H,3H2,1-2H3,(H2,22,23,26). The van der Waals surface area contributed by atoms with Gasteiger partial charge < -0.3 is 25.2 Å². The lowest BCUT2D eigenvalue weighted by Gasteiger charge is -2.30. The van der Waals surface area contributed by atoms with Gasteiger partial charge in [-0.15, -0.1) is 0 Å². The van der Waals surface area contributed by atoms with E-state index in [1.54, 1.807) is 37.3 Å². The third-order valence-electron chi connectivity index (χ3n) is 4.27. The molecule has 3 N–H and O–H groups in total. The summed E-state index contributed by atoms with van der Waals surface area (Å²) in [5, 5.41) is 15.6. The van der Waals surface area contributed by atoms with Gasteiger partial charge in [0.2, 0.25) is 0 Å². The first-order valence-corrected chi connectivity index (χ1v) is 8.95. The average molecular weight is 403 g/mol. The molecule has 0 spiro atoms. The molecule has 0 saturated heterocycles. The van der Waals surface area contributed by atoms with E-state index in [2.05, 4.69) is 10.6 Å². The molecule has 1 unspecified atom stereocenters. The topological polar surface area (TPSA) is 96.9 Å². The third-order valence-corrected chi connectivity index (χ3v) is 4.67. The molecule has 0 bridgehead atoms. The molecule has 3 rings (SSSR count). The SMILES string of the molecule is CCOC(=O)C1=C(c2ccccc2)NC(=O)NC1c1ccc(OC)c(O)c1Cl. The molecule has 0 aliphatic carbocycles. The third kappa shape index (κ3) is 3.61. The monoisotopic (exact) mass is 402 g/mol. The van der Waals surface area contributed by atoms with Crippen LogP contribution in [0.4, 0.5) is 4.79 Å². The number of rotatable bonds is 5. The first-order valence-electron chi connectivity index (χ1n) is 8.57. The number of phenolic OH excluding ortho intramolecular Hbond substituents is 1. The number of amides is 2. The van der Waals surface area contributed by atoms with Crippen molar-refractivity contribution in [3.05, 3.63) is 64.2 Å². The Kier molecular flexibility index (Phi) is 5.75. The van der Waals surface area contributed by atoms with Gasteiger partial charge in [-0.25, -0.2) is 9.59 Å². The van der Waals surface area contributed by atoms with Crippen LogP contribution in [0.3, 0.4) is 0 Å². The van der Waals surface area contributed by atoms with Crippen molar-refractivity contribution in [1.29, 1.82) is 0 Å².